The van der Waals surface area contributed by atoms with Crippen LogP contribution >= 0.6 is 11.3 Å². The minimum Gasteiger partial charge on any atom is -0.481 e. The predicted octanol–water partition coefficient (Wildman–Crippen LogP) is 4.04. The predicted molar refractivity (Wildman–Crippen MR) is 139 cm³/mol. The summed E-state index contributed by atoms with van der Waals surface area (Å²) < 4.78 is 41.7. The monoisotopic (exact) mass is 553 g/mol. The van der Waals surface area contributed by atoms with E-state index in [-0.39, 0.29) is 11.9 Å². The maximum Gasteiger partial charge on any atom is 0.278 e. The fourth-order valence-electron chi connectivity index (χ4n) is 4.93. The minimum atomic E-state index is -2.86. The molecule has 0 atom stereocenters. The highest BCUT2D eigenvalue weighted by Crippen LogP contribution is 2.32. The van der Waals surface area contributed by atoms with Crippen molar-refractivity contribution < 1.29 is 27.8 Å². The quantitative estimate of drug-likeness (QED) is 0.421. The number of aromatic nitrogens is 3. The van der Waals surface area contributed by atoms with Crippen LogP contribution in [0.25, 0.3) is 0 Å². The first-order chi connectivity index (χ1) is 18.2. The van der Waals surface area contributed by atoms with Crippen LogP contribution < -0.4 is 19.5 Å². The summed E-state index contributed by atoms with van der Waals surface area (Å²) in [6, 6.07) is 1.81. The van der Waals surface area contributed by atoms with Gasteiger partial charge in [0, 0.05) is 43.8 Å². The van der Waals surface area contributed by atoms with Crippen molar-refractivity contribution in [1.29, 1.82) is 0 Å². The van der Waals surface area contributed by atoms with E-state index < -0.39 is 12.5 Å². The zero-order chi connectivity index (χ0) is 27.1. The molecule has 12 heteroatoms. The summed E-state index contributed by atoms with van der Waals surface area (Å²) in [5.74, 6) is -0.852. The second-order valence-electron chi connectivity index (χ2n) is 10.2. The smallest absolute Gasteiger partial charge is 0.278 e. The molecule has 2 aliphatic rings. The number of thiazole rings is 1. The van der Waals surface area contributed by atoms with Gasteiger partial charge in [-0.05, 0) is 51.0 Å². The Morgan fingerprint density at radius 2 is 1.87 bits per heavy atom. The van der Waals surface area contributed by atoms with Gasteiger partial charge in [0.2, 0.25) is 17.7 Å². The number of fused-ring (bicyclic) bond motifs is 1. The molecule has 3 heterocycles. The summed E-state index contributed by atoms with van der Waals surface area (Å²) in [7, 11) is 3.06. The van der Waals surface area contributed by atoms with Gasteiger partial charge < -0.3 is 19.5 Å². The molecule has 2 aromatic heterocycles. The number of ether oxygens (including phenoxy) is 3. The van der Waals surface area contributed by atoms with Crippen molar-refractivity contribution in [3.05, 3.63) is 22.5 Å². The molecule has 2 aromatic rings. The Hall–Kier alpha value is -2.60. The number of halogens is 2. The molecule has 0 unspecified atom stereocenters. The first-order valence-corrected chi connectivity index (χ1v) is 14.0. The molecule has 1 aliphatic heterocycles. The molecule has 0 saturated heterocycles. The number of amides is 1. The molecule has 4 rings (SSSR count). The fourth-order valence-corrected chi connectivity index (χ4v) is 5.83. The number of aryl methyl sites for hydroxylation is 1. The maximum atomic E-state index is 13.1. The Labute approximate surface area is 226 Å². The van der Waals surface area contributed by atoms with Crippen molar-refractivity contribution in [3.8, 4) is 17.0 Å². The van der Waals surface area contributed by atoms with E-state index in [2.05, 4.69) is 25.2 Å². The second-order valence-corrected chi connectivity index (χ2v) is 11.2. The zero-order valence-electron chi connectivity index (χ0n) is 22.3. The summed E-state index contributed by atoms with van der Waals surface area (Å²) >= 11 is 1.39. The summed E-state index contributed by atoms with van der Waals surface area (Å²) in [4.78, 5) is 29.1. The molecule has 9 nitrogen and oxygen atoms in total. The van der Waals surface area contributed by atoms with Crippen molar-refractivity contribution in [2.75, 3.05) is 33.9 Å². The van der Waals surface area contributed by atoms with Crippen molar-refractivity contribution >= 4 is 17.2 Å². The lowest BCUT2D eigenvalue weighted by atomic mass is 9.84. The van der Waals surface area contributed by atoms with Gasteiger partial charge >= 0.3 is 0 Å². The van der Waals surface area contributed by atoms with Gasteiger partial charge in [0.05, 0.1) is 26.0 Å². The molecule has 1 aliphatic carbocycles. The Kier molecular flexibility index (Phi) is 9.69. The van der Waals surface area contributed by atoms with Crippen LogP contribution in [-0.2, 0) is 24.2 Å². The number of rotatable bonds is 12. The highest BCUT2D eigenvalue weighted by atomic mass is 32.1. The van der Waals surface area contributed by atoms with Crippen LogP contribution in [0.15, 0.2) is 6.07 Å². The number of hydrogen-bond acceptors (Lipinski definition) is 9. The van der Waals surface area contributed by atoms with E-state index in [1.165, 1.54) is 25.6 Å². The lowest BCUT2D eigenvalue weighted by molar-refractivity contribution is -0.122. The Morgan fingerprint density at radius 1 is 1.16 bits per heavy atom. The summed E-state index contributed by atoms with van der Waals surface area (Å²) in [6.45, 7) is 2.89. The molecular formula is C26H37F2N5O4S. The average molecular weight is 554 g/mol. The van der Waals surface area contributed by atoms with Gasteiger partial charge in [0.1, 0.15) is 5.82 Å². The lowest BCUT2D eigenvalue weighted by Gasteiger charge is -2.32. The number of nitrogens with one attached hydrogen (secondary N) is 1. The Balaban J connectivity index is 1.14. The second kappa shape index (κ2) is 13.0. The van der Waals surface area contributed by atoms with E-state index in [0.717, 1.165) is 75.7 Å². The van der Waals surface area contributed by atoms with E-state index in [1.807, 2.05) is 0 Å². The molecule has 210 valence electrons. The molecule has 1 fully saturated rings. The van der Waals surface area contributed by atoms with Crippen molar-refractivity contribution in [2.24, 2.45) is 5.92 Å². The summed E-state index contributed by atoms with van der Waals surface area (Å²) in [5.41, 5.74) is 0.958. The molecule has 38 heavy (non-hydrogen) atoms. The van der Waals surface area contributed by atoms with E-state index in [0.29, 0.717) is 41.5 Å². The van der Waals surface area contributed by atoms with Gasteiger partial charge in [-0.1, -0.05) is 11.3 Å². The number of carbonyl (C=O) groups excluding carboxylic acids is 1. The van der Waals surface area contributed by atoms with Gasteiger partial charge in [0.25, 0.3) is 11.1 Å². The first-order valence-electron chi connectivity index (χ1n) is 13.2. The molecular weight excluding hydrogens is 516 g/mol. The van der Waals surface area contributed by atoms with Crippen LogP contribution in [0.3, 0.4) is 0 Å². The van der Waals surface area contributed by atoms with E-state index in [9.17, 15) is 13.6 Å². The van der Waals surface area contributed by atoms with Gasteiger partial charge in [-0.15, -0.1) is 0 Å². The summed E-state index contributed by atoms with van der Waals surface area (Å²) in [5, 5.41) is 3.51. The number of carbonyl (C=O) groups is 1. The van der Waals surface area contributed by atoms with Crippen molar-refractivity contribution in [2.45, 2.75) is 76.8 Å². The molecule has 0 radical (unpaired) electrons. The Morgan fingerprint density at radius 3 is 2.53 bits per heavy atom. The van der Waals surface area contributed by atoms with Crippen molar-refractivity contribution in [3.63, 3.8) is 0 Å². The highest BCUT2D eigenvalue weighted by Gasteiger charge is 2.27. The molecule has 0 bridgehead atoms. The minimum absolute atomic E-state index is 0.0113. The maximum absolute atomic E-state index is 13.1. The lowest BCUT2D eigenvalue weighted by Crippen LogP contribution is -2.38. The van der Waals surface area contributed by atoms with Gasteiger partial charge in [0.15, 0.2) is 6.61 Å². The van der Waals surface area contributed by atoms with Gasteiger partial charge in [-0.3, -0.25) is 9.69 Å². The largest absolute Gasteiger partial charge is 0.481 e. The highest BCUT2D eigenvalue weighted by molar-refractivity contribution is 7.13. The number of methoxy groups -OCH3 is 2. The van der Waals surface area contributed by atoms with Crippen LogP contribution in [0.4, 0.5) is 8.78 Å². The number of hydrogen-bond donors (Lipinski definition) is 1. The van der Waals surface area contributed by atoms with Crippen LogP contribution in [0.1, 0.15) is 61.8 Å². The SMILES string of the molecule is COc1cc(OC)nc(CCC(=O)NC2CCC(CCN3CCc4sc(OCC(C)(F)F)nc4C3)CC2)n1. The molecule has 1 N–H and O–H groups in total. The van der Waals surface area contributed by atoms with Crippen LogP contribution in [0, 0.1) is 5.92 Å². The fraction of sp³-hybridized carbons (Fsp3) is 0.692. The zero-order valence-corrected chi connectivity index (χ0v) is 23.1. The summed E-state index contributed by atoms with van der Waals surface area (Å²) in [6.07, 6.45) is 6.89. The molecule has 1 amide bonds. The third kappa shape index (κ3) is 8.45. The molecule has 1 saturated carbocycles. The molecule has 0 aromatic carbocycles. The number of alkyl halides is 2. The third-order valence-electron chi connectivity index (χ3n) is 7.02. The molecule has 0 spiro atoms. The van der Waals surface area contributed by atoms with E-state index >= 15 is 0 Å². The Bertz CT molecular complexity index is 1050. The normalized spacial score (nSPS) is 20.0. The standard InChI is InChI=1S/C26H37F2N5O4S/c1-26(27,28)16-37-25-30-19-15-33(13-11-20(19)38-25)12-10-17-4-6-18(7-5-17)29-22(34)9-8-21-31-23(35-2)14-24(32-21)36-3/h14,17-18H,4-13,15-16H2,1-3H3,(H,29,34). The van der Waals surface area contributed by atoms with Gasteiger partial charge in [-0.25, -0.2) is 13.8 Å². The van der Waals surface area contributed by atoms with Crippen LogP contribution in [0.2, 0.25) is 0 Å². The number of nitrogens with zero attached hydrogens (tertiary/aromatic N) is 4. The van der Waals surface area contributed by atoms with Crippen LogP contribution in [-0.4, -0.2) is 71.6 Å². The third-order valence-corrected chi connectivity index (χ3v) is 8.09. The topological polar surface area (TPSA) is 98.7 Å². The first kappa shape index (κ1) is 28.4. The van der Waals surface area contributed by atoms with Crippen LogP contribution in [0.5, 0.6) is 17.0 Å². The van der Waals surface area contributed by atoms with E-state index in [4.69, 9.17) is 14.2 Å². The average Bonchev–Trinajstić information content (AvgIpc) is 3.32. The van der Waals surface area contributed by atoms with E-state index in [1.54, 1.807) is 6.07 Å². The van der Waals surface area contributed by atoms with Crippen molar-refractivity contribution in [1.82, 2.24) is 25.2 Å². The van der Waals surface area contributed by atoms with Gasteiger partial charge in [-0.2, -0.15) is 9.97 Å².